The second-order valence-electron chi connectivity index (χ2n) is 7.77. The van der Waals surface area contributed by atoms with Gasteiger partial charge in [0, 0.05) is 12.2 Å². The molecule has 2 aromatic carbocycles. The van der Waals surface area contributed by atoms with Crippen molar-refractivity contribution in [1.29, 1.82) is 0 Å². The van der Waals surface area contributed by atoms with E-state index in [0.29, 0.717) is 0 Å². The van der Waals surface area contributed by atoms with Gasteiger partial charge in [0.1, 0.15) is 6.42 Å². The predicted octanol–water partition coefficient (Wildman–Crippen LogP) is 6.15. The first-order valence-electron chi connectivity index (χ1n) is 9.87. The van der Waals surface area contributed by atoms with Crippen LogP contribution in [0.4, 0.5) is 58.4 Å². The molecule has 206 valence electrons. The molecule has 0 saturated carbocycles. The van der Waals surface area contributed by atoms with E-state index in [2.05, 4.69) is 5.32 Å². The fourth-order valence-corrected chi connectivity index (χ4v) is 2.98. The van der Waals surface area contributed by atoms with Crippen molar-refractivity contribution in [3.8, 4) is 0 Å². The Morgan fingerprint density at radius 2 is 1.19 bits per heavy atom. The van der Waals surface area contributed by atoms with Gasteiger partial charge in [-0.15, -0.1) is 0 Å². The van der Waals surface area contributed by atoms with E-state index in [-0.39, 0.29) is 36.0 Å². The maximum absolute atomic E-state index is 13.7. The summed E-state index contributed by atoms with van der Waals surface area (Å²) in [5.41, 5.74) is -10.00. The zero-order chi connectivity index (χ0) is 28.4. The lowest BCUT2D eigenvalue weighted by atomic mass is 9.89. The van der Waals surface area contributed by atoms with Crippen LogP contribution in [0.25, 0.3) is 0 Å². The average Bonchev–Trinajstić information content (AvgIpc) is 2.73. The SMILES string of the molecule is O=C(CC(F)(F)F)NCc1ccc(NC[C@@](O)(c2cc(C(F)(F)F)cc(C(F)(F)F)c2)C(F)(F)F)cc1. The van der Waals surface area contributed by atoms with E-state index in [9.17, 15) is 62.6 Å². The molecule has 0 bridgehead atoms. The molecule has 0 saturated heterocycles. The molecule has 0 radical (unpaired) electrons. The zero-order valence-corrected chi connectivity index (χ0v) is 18.1. The number of anilines is 1. The Hall–Kier alpha value is -3.17. The lowest BCUT2D eigenvalue weighted by Crippen LogP contribution is -2.48. The summed E-state index contributed by atoms with van der Waals surface area (Å²) < 4.78 is 156. The summed E-state index contributed by atoms with van der Waals surface area (Å²) in [7, 11) is 0. The van der Waals surface area contributed by atoms with Gasteiger partial charge in [-0.25, -0.2) is 0 Å². The van der Waals surface area contributed by atoms with Gasteiger partial charge in [0.05, 0.1) is 17.7 Å². The maximum Gasteiger partial charge on any atom is 0.423 e. The highest BCUT2D eigenvalue weighted by Gasteiger charge is 2.56. The van der Waals surface area contributed by atoms with E-state index in [0.717, 1.165) is 24.3 Å². The number of rotatable bonds is 7. The number of hydrogen-bond acceptors (Lipinski definition) is 3. The van der Waals surface area contributed by atoms with Gasteiger partial charge in [0.25, 0.3) is 0 Å². The molecule has 2 aromatic rings. The molecule has 0 aromatic heterocycles. The summed E-state index contributed by atoms with van der Waals surface area (Å²) in [5.74, 6) is -1.34. The Morgan fingerprint density at radius 3 is 1.59 bits per heavy atom. The fourth-order valence-electron chi connectivity index (χ4n) is 2.98. The molecule has 3 N–H and O–H groups in total. The van der Waals surface area contributed by atoms with Crippen molar-refractivity contribution < 1.29 is 62.6 Å². The molecule has 0 heterocycles. The first-order chi connectivity index (χ1) is 16.6. The third kappa shape index (κ3) is 8.16. The van der Waals surface area contributed by atoms with E-state index in [1.54, 1.807) is 0 Å². The van der Waals surface area contributed by atoms with Gasteiger partial charge >= 0.3 is 24.7 Å². The van der Waals surface area contributed by atoms with Crippen molar-refractivity contribution in [3.63, 3.8) is 0 Å². The lowest BCUT2D eigenvalue weighted by molar-refractivity contribution is -0.261. The van der Waals surface area contributed by atoms with Crippen LogP contribution < -0.4 is 10.6 Å². The van der Waals surface area contributed by atoms with Crippen molar-refractivity contribution in [3.05, 3.63) is 64.7 Å². The summed E-state index contributed by atoms with van der Waals surface area (Å²) in [6.45, 7) is -1.98. The Morgan fingerprint density at radius 1 is 0.730 bits per heavy atom. The summed E-state index contributed by atoms with van der Waals surface area (Å²) in [4.78, 5) is 11.2. The van der Waals surface area contributed by atoms with Crippen LogP contribution in [0.1, 0.15) is 28.7 Å². The van der Waals surface area contributed by atoms with Gasteiger partial charge in [0.15, 0.2) is 0 Å². The van der Waals surface area contributed by atoms with E-state index in [1.807, 2.05) is 5.32 Å². The molecule has 16 heteroatoms. The Labute approximate surface area is 200 Å². The summed E-state index contributed by atoms with van der Waals surface area (Å²) in [6, 6.07) is 3.59. The number of amides is 1. The molecule has 0 aliphatic heterocycles. The quantitative estimate of drug-likeness (QED) is 0.359. The molecular weight excluding hydrogens is 540 g/mol. The summed E-state index contributed by atoms with van der Waals surface area (Å²) in [5, 5.41) is 14.3. The first-order valence-corrected chi connectivity index (χ1v) is 9.87. The van der Waals surface area contributed by atoms with Gasteiger partial charge < -0.3 is 15.7 Å². The molecule has 0 aliphatic rings. The third-order valence-corrected chi connectivity index (χ3v) is 4.89. The monoisotopic (exact) mass is 556 g/mol. The molecule has 0 unspecified atom stereocenters. The summed E-state index contributed by atoms with van der Waals surface area (Å²) in [6.07, 6.45) is -23.1. The highest BCUT2D eigenvalue weighted by Crippen LogP contribution is 2.44. The molecule has 4 nitrogen and oxygen atoms in total. The number of benzene rings is 2. The van der Waals surface area contributed by atoms with Gasteiger partial charge in [-0.05, 0) is 41.5 Å². The molecule has 2 rings (SSSR count). The van der Waals surface area contributed by atoms with Gasteiger partial charge in [-0.2, -0.15) is 52.7 Å². The van der Waals surface area contributed by atoms with Crippen LogP contribution in [0, 0.1) is 0 Å². The minimum absolute atomic E-state index is 0.184. The second-order valence-corrected chi connectivity index (χ2v) is 7.77. The Balaban J connectivity index is 2.28. The molecule has 37 heavy (non-hydrogen) atoms. The highest BCUT2D eigenvalue weighted by molar-refractivity contribution is 5.76. The van der Waals surface area contributed by atoms with Crippen molar-refractivity contribution >= 4 is 11.6 Å². The van der Waals surface area contributed by atoms with Crippen LogP contribution in [-0.4, -0.2) is 29.9 Å². The summed E-state index contributed by atoms with van der Waals surface area (Å²) >= 11 is 0. The van der Waals surface area contributed by atoms with Crippen molar-refractivity contribution in [1.82, 2.24) is 5.32 Å². The third-order valence-electron chi connectivity index (χ3n) is 4.89. The topological polar surface area (TPSA) is 61.4 Å². The highest BCUT2D eigenvalue weighted by atomic mass is 19.4. The van der Waals surface area contributed by atoms with E-state index in [4.69, 9.17) is 0 Å². The molecular formula is C21H16F12N2O2. The molecule has 0 fully saturated rings. The number of aliphatic hydroxyl groups is 1. The molecule has 0 spiro atoms. The standard InChI is InChI=1S/C21H16F12N2O2/c22-18(23,24)8-16(36)34-9-11-1-3-15(4-2-11)35-10-17(37,21(31,32)33)12-5-13(19(25,26)27)7-14(6-12)20(28,29)30/h1-7,35,37H,8-10H2,(H,34,36)/t17-/m1/s1. The van der Waals surface area contributed by atoms with Crippen LogP contribution >= 0.6 is 0 Å². The van der Waals surface area contributed by atoms with Crippen molar-refractivity contribution in [2.75, 3.05) is 11.9 Å². The maximum atomic E-state index is 13.7. The van der Waals surface area contributed by atoms with Crippen molar-refractivity contribution in [2.45, 2.75) is 43.3 Å². The van der Waals surface area contributed by atoms with Gasteiger partial charge in [-0.1, -0.05) is 12.1 Å². The van der Waals surface area contributed by atoms with Crippen LogP contribution in [0.2, 0.25) is 0 Å². The second kappa shape index (κ2) is 10.3. The minimum Gasteiger partial charge on any atom is -0.381 e. The van der Waals surface area contributed by atoms with Crippen LogP contribution in [-0.2, 0) is 29.3 Å². The minimum atomic E-state index is -5.73. The normalized spacial score (nSPS) is 14.7. The van der Waals surface area contributed by atoms with Crippen LogP contribution in [0.3, 0.4) is 0 Å². The number of alkyl halides is 12. The lowest BCUT2D eigenvalue weighted by Gasteiger charge is -2.32. The fraction of sp³-hybridized carbons (Fsp3) is 0.381. The Bertz CT molecular complexity index is 1060. The number of hydrogen-bond donors (Lipinski definition) is 3. The van der Waals surface area contributed by atoms with Gasteiger partial charge in [0.2, 0.25) is 11.5 Å². The molecule has 0 aliphatic carbocycles. The molecule has 1 amide bonds. The number of halogens is 12. The van der Waals surface area contributed by atoms with E-state index in [1.165, 1.54) is 0 Å². The van der Waals surface area contributed by atoms with E-state index >= 15 is 0 Å². The Kier molecular flexibility index (Phi) is 8.37. The van der Waals surface area contributed by atoms with Crippen LogP contribution in [0.5, 0.6) is 0 Å². The largest absolute Gasteiger partial charge is 0.423 e. The number of nitrogens with one attached hydrogen (secondary N) is 2. The first kappa shape index (κ1) is 30.1. The zero-order valence-electron chi connectivity index (χ0n) is 18.1. The van der Waals surface area contributed by atoms with E-state index < -0.39 is 65.9 Å². The predicted molar refractivity (Wildman–Crippen MR) is 104 cm³/mol. The number of carbonyl (C=O) groups is 1. The smallest absolute Gasteiger partial charge is 0.381 e. The van der Waals surface area contributed by atoms with Crippen molar-refractivity contribution in [2.24, 2.45) is 0 Å². The van der Waals surface area contributed by atoms with Crippen LogP contribution in [0.15, 0.2) is 42.5 Å². The van der Waals surface area contributed by atoms with Gasteiger partial charge in [-0.3, -0.25) is 4.79 Å². The number of carbonyl (C=O) groups excluding carboxylic acids is 1. The molecule has 1 atom stereocenters. The average molecular weight is 556 g/mol.